The van der Waals surface area contributed by atoms with Gasteiger partial charge in [0, 0.05) is 39.2 Å². The van der Waals surface area contributed by atoms with Crippen LogP contribution in [-0.2, 0) is 37.3 Å². The molecule has 1 amide bonds. The molecule has 1 aliphatic carbocycles. The van der Waals surface area contributed by atoms with Crippen LogP contribution in [0.5, 0.6) is 0 Å². The van der Waals surface area contributed by atoms with Crippen molar-refractivity contribution in [2.75, 3.05) is 19.0 Å². The molecule has 5 rings (SSSR count). The average molecular weight is 627 g/mol. The number of H-pyrrole nitrogens is 1. The lowest BCUT2D eigenvalue weighted by Gasteiger charge is -2.29. The molecular formula is C28H34F6N9O+. The van der Waals surface area contributed by atoms with Crippen molar-refractivity contribution >= 4 is 28.7 Å². The van der Waals surface area contributed by atoms with Gasteiger partial charge >= 0.3 is 18.0 Å². The maximum atomic E-state index is 13.7. The van der Waals surface area contributed by atoms with Crippen molar-refractivity contribution in [2.24, 2.45) is 18.1 Å². The number of carbonyl (C=O) groups excluding carboxylic acids is 1. The average Bonchev–Trinajstić information content (AvgIpc) is 3.66. The maximum absolute atomic E-state index is 13.7. The first-order valence-electron chi connectivity index (χ1n) is 14.0. The number of pyridine rings is 1. The van der Waals surface area contributed by atoms with Crippen LogP contribution in [0.4, 0.5) is 32.2 Å². The number of nitrogens with one attached hydrogen (secondary N) is 2. The summed E-state index contributed by atoms with van der Waals surface area (Å²) in [5.74, 6) is 0.607. The highest BCUT2D eigenvalue weighted by Crippen LogP contribution is 2.39. The normalized spacial score (nSPS) is 16.7. The topological polar surface area (TPSA) is 87.0 Å². The summed E-state index contributed by atoms with van der Waals surface area (Å²) in [5.41, 5.74) is 1.89. The summed E-state index contributed by atoms with van der Waals surface area (Å²) < 4.78 is 83.9. The third kappa shape index (κ3) is 6.25. The Morgan fingerprint density at radius 1 is 1.07 bits per heavy atom. The highest BCUT2D eigenvalue weighted by atomic mass is 19.4. The predicted molar refractivity (Wildman–Crippen MR) is 149 cm³/mol. The molecule has 2 aromatic heterocycles. The van der Waals surface area contributed by atoms with Crippen LogP contribution in [0.25, 0.3) is 11.0 Å². The zero-order valence-corrected chi connectivity index (χ0v) is 25.1. The number of benzene rings is 1. The number of aromatic nitrogens is 3. The summed E-state index contributed by atoms with van der Waals surface area (Å²) in [6, 6.07) is 3.20. The van der Waals surface area contributed by atoms with E-state index in [1.807, 2.05) is 19.9 Å². The Morgan fingerprint density at radius 3 is 2.18 bits per heavy atom. The smallest absolute Gasteiger partial charge is 0.331 e. The second kappa shape index (κ2) is 11.1. The summed E-state index contributed by atoms with van der Waals surface area (Å²) in [7, 11) is 5.06. The van der Waals surface area contributed by atoms with Gasteiger partial charge in [-0.25, -0.2) is 10.2 Å². The lowest BCUT2D eigenvalue weighted by Crippen LogP contribution is -2.45. The first kappa shape index (κ1) is 31.3. The number of carbonyl (C=O) groups is 1. The van der Waals surface area contributed by atoms with Gasteiger partial charge in [-0.3, -0.25) is 15.1 Å². The minimum absolute atomic E-state index is 0.0428. The molecule has 1 aromatic carbocycles. The quantitative estimate of drug-likeness (QED) is 0.298. The standard InChI is InChI=1S/C28H33F6N9O/c1-15-23-11-20(24(35-25(23)39(4)36-15)43(17(3)44)16(2)19-7-8-19)14-42(26-37-40(5)41(6)38-26)13-18-9-21(27(29,30)31)12-22(10-18)28(32,33)34/h9-12,16,19H,7-8,13-14H2,1-6H3,(H,37,38)/p+1/t16-/m1/s1. The van der Waals surface area contributed by atoms with Gasteiger partial charge in [0.2, 0.25) is 11.9 Å². The van der Waals surface area contributed by atoms with Crippen LogP contribution in [-0.4, -0.2) is 57.2 Å². The first-order chi connectivity index (χ1) is 20.4. The van der Waals surface area contributed by atoms with Gasteiger partial charge in [-0.2, -0.15) is 31.0 Å². The number of alkyl halides is 6. The zero-order chi connectivity index (χ0) is 32.3. The molecular weight excluding hydrogens is 592 g/mol. The van der Waals surface area contributed by atoms with Crippen molar-refractivity contribution in [3.05, 3.63) is 52.2 Å². The highest BCUT2D eigenvalue weighted by Gasteiger charge is 2.40. The minimum atomic E-state index is -4.99. The molecule has 0 spiro atoms. The molecule has 3 aromatic rings. The number of halogens is 6. The molecule has 1 fully saturated rings. The van der Waals surface area contributed by atoms with Crippen molar-refractivity contribution in [3.63, 3.8) is 0 Å². The molecule has 238 valence electrons. The van der Waals surface area contributed by atoms with Gasteiger partial charge in [-0.15, -0.1) is 10.2 Å². The van der Waals surface area contributed by atoms with E-state index in [2.05, 4.69) is 15.6 Å². The molecule has 16 heteroatoms. The van der Waals surface area contributed by atoms with Crippen molar-refractivity contribution in [3.8, 4) is 0 Å². The molecule has 44 heavy (non-hydrogen) atoms. The lowest BCUT2D eigenvalue weighted by atomic mass is 10.0. The van der Waals surface area contributed by atoms with Crippen LogP contribution in [0.15, 0.2) is 29.4 Å². The van der Waals surface area contributed by atoms with Gasteiger partial charge in [0.1, 0.15) is 7.05 Å². The second-order valence-electron chi connectivity index (χ2n) is 11.4. The fourth-order valence-electron chi connectivity index (χ4n) is 5.50. The van der Waals surface area contributed by atoms with Gasteiger partial charge < -0.3 is 4.90 Å². The van der Waals surface area contributed by atoms with Crippen LogP contribution in [0.1, 0.15) is 54.6 Å². The van der Waals surface area contributed by atoms with E-state index in [0.29, 0.717) is 29.2 Å². The first-order valence-corrected chi connectivity index (χ1v) is 14.0. The van der Waals surface area contributed by atoms with E-state index in [4.69, 9.17) is 4.98 Å². The van der Waals surface area contributed by atoms with Crippen molar-refractivity contribution in [1.29, 1.82) is 0 Å². The van der Waals surface area contributed by atoms with Crippen LogP contribution in [0.2, 0.25) is 0 Å². The molecule has 0 saturated heterocycles. The number of amides is 1. The third-order valence-corrected chi connectivity index (χ3v) is 8.01. The van der Waals surface area contributed by atoms with E-state index < -0.39 is 23.5 Å². The van der Waals surface area contributed by atoms with Gasteiger partial charge in [-0.1, -0.05) is 0 Å². The van der Waals surface area contributed by atoms with E-state index in [0.717, 1.165) is 23.9 Å². The lowest BCUT2D eigenvalue weighted by molar-refractivity contribution is -0.704. The van der Waals surface area contributed by atoms with Crippen molar-refractivity contribution < 1.29 is 35.8 Å². The molecule has 2 N–H and O–H groups in total. The van der Waals surface area contributed by atoms with Gasteiger partial charge in [-0.05, 0) is 67.4 Å². The maximum Gasteiger partial charge on any atom is 0.416 e. The molecule has 1 saturated carbocycles. The van der Waals surface area contributed by atoms with Crippen LogP contribution in [0.3, 0.4) is 0 Å². The Kier molecular flexibility index (Phi) is 7.93. The van der Waals surface area contributed by atoms with Crippen LogP contribution < -0.4 is 15.0 Å². The zero-order valence-electron chi connectivity index (χ0n) is 25.1. The summed E-state index contributed by atoms with van der Waals surface area (Å²) in [6.45, 7) is 4.84. The number of fused-ring (bicyclic) bond motifs is 1. The number of aromatic amines is 1. The molecule has 10 nitrogen and oxygen atoms in total. The molecule has 0 unspecified atom stereocenters. The number of hydrazone groups is 1. The van der Waals surface area contributed by atoms with Gasteiger partial charge in [0.25, 0.3) is 5.82 Å². The van der Waals surface area contributed by atoms with Crippen LogP contribution in [0, 0.1) is 12.8 Å². The summed E-state index contributed by atoms with van der Waals surface area (Å²) >= 11 is 0. The Hall–Kier alpha value is -4.08. The molecule has 2 aliphatic rings. The van der Waals surface area contributed by atoms with E-state index in [9.17, 15) is 31.1 Å². The molecule has 1 aliphatic heterocycles. The Bertz CT molecular complexity index is 1580. The molecule has 3 heterocycles. The SMILES string of the molecule is CC(=O)N(c1nc2c(cc1CN(Cc1cc(C(F)(F)F)cc(C(F)(F)F)c1)C1=NN(C)N(C)N1)c(C)[nH][n+]2C)[C@H](C)C1CC1. The number of hydrogen-bond acceptors (Lipinski definition) is 7. The highest BCUT2D eigenvalue weighted by molar-refractivity contribution is 5.93. The van der Waals surface area contributed by atoms with E-state index in [1.165, 1.54) is 22.1 Å². The van der Waals surface area contributed by atoms with E-state index in [1.54, 1.807) is 30.7 Å². The molecule has 0 radical (unpaired) electrons. The largest absolute Gasteiger partial charge is 0.416 e. The van der Waals surface area contributed by atoms with Gasteiger partial charge in [0.05, 0.1) is 28.8 Å². The van der Waals surface area contributed by atoms with Gasteiger partial charge in [0.15, 0.2) is 0 Å². The predicted octanol–water partition coefficient (Wildman–Crippen LogP) is 4.45. The van der Waals surface area contributed by atoms with Crippen molar-refractivity contribution in [2.45, 2.75) is 65.1 Å². The Morgan fingerprint density at radius 2 is 1.68 bits per heavy atom. The summed E-state index contributed by atoms with van der Waals surface area (Å²) in [6.07, 6.45) is -8.06. The minimum Gasteiger partial charge on any atom is -0.331 e. The number of hydrazine groups is 2. The van der Waals surface area contributed by atoms with E-state index >= 15 is 0 Å². The number of anilines is 1. The fourth-order valence-corrected chi connectivity index (χ4v) is 5.50. The van der Waals surface area contributed by atoms with Crippen molar-refractivity contribution in [1.82, 2.24) is 30.6 Å². The third-order valence-electron chi connectivity index (χ3n) is 8.01. The monoisotopic (exact) mass is 626 g/mol. The number of hydrogen-bond donors (Lipinski definition) is 2. The molecule has 1 atom stereocenters. The fraction of sp³-hybridized carbons (Fsp3) is 0.500. The second-order valence-corrected chi connectivity index (χ2v) is 11.4. The van der Waals surface area contributed by atoms with E-state index in [-0.39, 0.29) is 48.5 Å². The number of aryl methyl sites for hydroxylation is 2. The molecule has 0 bridgehead atoms. The Balaban J connectivity index is 1.65. The van der Waals surface area contributed by atoms with Crippen LogP contribution >= 0.6 is 0 Å². The summed E-state index contributed by atoms with van der Waals surface area (Å²) in [4.78, 5) is 21.1. The Labute approximate surface area is 249 Å². The number of guanidine groups is 1. The number of rotatable bonds is 7. The number of nitrogens with zero attached hydrogens (tertiary/aromatic N) is 7. The summed E-state index contributed by atoms with van der Waals surface area (Å²) in [5, 5.41) is 11.3.